The molecule has 1 aliphatic rings. The fourth-order valence-corrected chi connectivity index (χ4v) is 4.62. The molecule has 1 atom stereocenters. The van der Waals surface area contributed by atoms with Crippen molar-refractivity contribution in [2.45, 2.75) is 25.3 Å². The largest absolute Gasteiger partial charge is 0.345 e. The smallest absolute Gasteiger partial charge is 0.252 e. The number of hydrogen-bond acceptors (Lipinski definition) is 3. The highest BCUT2D eigenvalue weighted by atomic mass is 127. The Hall–Kier alpha value is -0.400. The van der Waals surface area contributed by atoms with Gasteiger partial charge in [-0.25, -0.2) is 0 Å². The van der Waals surface area contributed by atoms with E-state index in [0.29, 0.717) is 0 Å². The first-order valence-electron chi connectivity index (χ1n) is 5.85. The van der Waals surface area contributed by atoms with Gasteiger partial charge in [0.25, 0.3) is 5.91 Å². The van der Waals surface area contributed by atoms with E-state index < -0.39 is 0 Å². The van der Waals surface area contributed by atoms with Gasteiger partial charge in [-0.15, -0.1) is 22.7 Å². The third-order valence-electron chi connectivity index (χ3n) is 3.19. The maximum absolute atomic E-state index is 12.2. The molecule has 5 heteroatoms. The van der Waals surface area contributed by atoms with Crippen molar-refractivity contribution >= 4 is 51.2 Å². The zero-order chi connectivity index (χ0) is 12.5. The van der Waals surface area contributed by atoms with Gasteiger partial charge in [0.2, 0.25) is 0 Å². The van der Waals surface area contributed by atoms with Crippen molar-refractivity contribution < 1.29 is 4.79 Å². The summed E-state index contributed by atoms with van der Waals surface area (Å²) >= 11 is 5.66. The van der Waals surface area contributed by atoms with Crippen LogP contribution in [-0.2, 0) is 6.42 Å². The summed E-state index contributed by atoms with van der Waals surface area (Å²) in [6.45, 7) is 0. The molecule has 0 spiro atoms. The Kier molecular flexibility index (Phi) is 3.72. The molecule has 0 radical (unpaired) electrons. The molecule has 1 amide bonds. The van der Waals surface area contributed by atoms with E-state index in [4.69, 9.17) is 0 Å². The van der Waals surface area contributed by atoms with Gasteiger partial charge in [-0.1, -0.05) is 0 Å². The van der Waals surface area contributed by atoms with Gasteiger partial charge in [0.15, 0.2) is 0 Å². The van der Waals surface area contributed by atoms with Crippen molar-refractivity contribution in [2.75, 3.05) is 0 Å². The molecule has 2 heterocycles. The van der Waals surface area contributed by atoms with Crippen molar-refractivity contribution in [3.63, 3.8) is 0 Å². The third-order valence-corrected chi connectivity index (χ3v) is 5.97. The number of carbonyl (C=O) groups is 1. The van der Waals surface area contributed by atoms with Crippen molar-refractivity contribution in [1.82, 2.24) is 5.32 Å². The first-order valence-corrected chi connectivity index (χ1v) is 8.69. The second kappa shape index (κ2) is 5.30. The molecular weight excluding hydrogens is 377 g/mol. The van der Waals surface area contributed by atoms with Crippen molar-refractivity contribution in [2.24, 2.45) is 0 Å². The summed E-state index contributed by atoms with van der Waals surface area (Å²) in [4.78, 5) is 13.6. The van der Waals surface area contributed by atoms with Crippen molar-refractivity contribution in [1.29, 1.82) is 0 Å². The van der Waals surface area contributed by atoms with Crippen molar-refractivity contribution in [3.05, 3.63) is 41.8 Å². The van der Waals surface area contributed by atoms with Crippen LogP contribution in [0.25, 0.3) is 0 Å². The molecule has 2 aromatic rings. The Balaban J connectivity index is 1.77. The molecule has 3 rings (SSSR count). The van der Waals surface area contributed by atoms with Crippen LogP contribution in [0.1, 0.15) is 39.7 Å². The zero-order valence-corrected chi connectivity index (χ0v) is 13.4. The minimum absolute atomic E-state index is 0.0539. The molecule has 1 N–H and O–H groups in total. The number of thiophene rings is 2. The van der Waals surface area contributed by atoms with Gasteiger partial charge in [-0.3, -0.25) is 4.79 Å². The minimum atomic E-state index is 0.0539. The lowest BCUT2D eigenvalue weighted by molar-refractivity contribution is 0.0933. The van der Waals surface area contributed by atoms with Crippen LogP contribution in [0, 0.1) is 2.88 Å². The quantitative estimate of drug-likeness (QED) is 0.766. The second-order valence-electron chi connectivity index (χ2n) is 4.36. The predicted octanol–water partition coefficient (Wildman–Crippen LogP) is 4.22. The number of aryl methyl sites for hydroxylation is 1. The number of carbonyl (C=O) groups excluding carboxylic acids is 1. The van der Waals surface area contributed by atoms with Gasteiger partial charge in [-0.05, 0) is 64.9 Å². The molecule has 1 unspecified atom stereocenters. The number of halogens is 1. The maximum atomic E-state index is 12.2. The topological polar surface area (TPSA) is 29.1 Å². The average Bonchev–Trinajstić information content (AvgIpc) is 2.97. The number of amides is 1. The first kappa shape index (κ1) is 12.6. The van der Waals surface area contributed by atoms with Crippen LogP contribution in [0.15, 0.2) is 22.9 Å². The van der Waals surface area contributed by atoms with E-state index in [0.717, 1.165) is 21.3 Å². The lowest BCUT2D eigenvalue weighted by Crippen LogP contribution is -2.30. The van der Waals surface area contributed by atoms with Gasteiger partial charge in [0.1, 0.15) is 0 Å². The summed E-state index contributed by atoms with van der Waals surface area (Å²) in [5.41, 5.74) is 2.11. The summed E-state index contributed by atoms with van der Waals surface area (Å²) in [7, 11) is 0. The van der Waals surface area contributed by atoms with Gasteiger partial charge < -0.3 is 5.32 Å². The maximum Gasteiger partial charge on any atom is 0.252 e. The average molecular weight is 389 g/mol. The highest BCUT2D eigenvalue weighted by molar-refractivity contribution is 14.1. The number of hydrogen-bond donors (Lipinski definition) is 1. The molecule has 0 saturated carbocycles. The van der Waals surface area contributed by atoms with E-state index in [1.165, 1.54) is 16.9 Å². The fraction of sp³-hybridized carbons (Fsp3) is 0.308. The Bertz CT molecular complexity index is 575. The standard InChI is InChI=1S/C13H12INOS2/c14-12-6-8(7-18-12)13(16)15-10-2-1-3-11-9(10)4-5-17-11/h4-7,10H,1-3H2,(H,15,16). The van der Waals surface area contributed by atoms with Crippen molar-refractivity contribution in [3.8, 4) is 0 Å². The molecule has 1 aliphatic carbocycles. The monoisotopic (exact) mass is 389 g/mol. The molecule has 0 aliphatic heterocycles. The van der Waals surface area contributed by atoms with Crippen LogP contribution < -0.4 is 5.32 Å². The van der Waals surface area contributed by atoms with Crippen LogP contribution in [0.5, 0.6) is 0 Å². The Morgan fingerprint density at radius 3 is 3.11 bits per heavy atom. The lowest BCUT2D eigenvalue weighted by Gasteiger charge is -2.23. The number of rotatable bonds is 2. The molecule has 0 fully saturated rings. The first-order chi connectivity index (χ1) is 8.74. The Labute approximate surface area is 128 Å². The van der Waals surface area contributed by atoms with Crippen LogP contribution in [-0.4, -0.2) is 5.91 Å². The second-order valence-corrected chi connectivity index (χ2v) is 8.16. The van der Waals surface area contributed by atoms with Crippen LogP contribution >= 0.6 is 45.3 Å². The third kappa shape index (κ3) is 2.48. The molecule has 0 bridgehead atoms. The molecule has 2 aromatic heterocycles. The Morgan fingerprint density at radius 2 is 2.33 bits per heavy atom. The van der Waals surface area contributed by atoms with Gasteiger partial charge in [0, 0.05) is 10.3 Å². The number of fused-ring (bicyclic) bond motifs is 1. The predicted molar refractivity (Wildman–Crippen MR) is 84.5 cm³/mol. The van der Waals surface area contributed by atoms with Gasteiger partial charge >= 0.3 is 0 Å². The number of nitrogens with one attached hydrogen (secondary N) is 1. The zero-order valence-electron chi connectivity index (χ0n) is 9.61. The highest BCUT2D eigenvalue weighted by Gasteiger charge is 2.23. The van der Waals surface area contributed by atoms with E-state index in [1.54, 1.807) is 22.7 Å². The molecule has 0 aromatic carbocycles. The highest BCUT2D eigenvalue weighted by Crippen LogP contribution is 2.33. The minimum Gasteiger partial charge on any atom is -0.345 e. The van der Waals surface area contributed by atoms with E-state index in [1.807, 2.05) is 11.4 Å². The van der Waals surface area contributed by atoms with E-state index >= 15 is 0 Å². The van der Waals surface area contributed by atoms with Gasteiger partial charge in [-0.2, -0.15) is 0 Å². The molecule has 0 saturated heterocycles. The summed E-state index contributed by atoms with van der Waals surface area (Å²) < 4.78 is 1.15. The van der Waals surface area contributed by atoms with Crippen LogP contribution in [0.4, 0.5) is 0 Å². The van der Waals surface area contributed by atoms with Gasteiger partial charge in [0.05, 0.1) is 14.5 Å². The van der Waals surface area contributed by atoms with E-state index in [2.05, 4.69) is 39.4 Å². The SMILES string of the molecule is O=C(NC1CCCc2sccc21)c1csc(I)c1. The molecular formula is C13H12INOS2. The van der Waals surface area contributed by atoms with Crippen LogP contribution in [0.2, 0.25) is 0 Å². The van der Waals surface area contributed by atoms with Crippen LogP contribution in [0.3, 0.4) is 0 Å². The fourth-order valence-electron chi connectivity index (χ4n) is 2.31. The summed E-state index contributed by atoms with van der Waals surface area (Å²) in [5.74, 6) is 0.0539. The molecule has 94 valence electrons. The molecule has 2 nitrogen and oxygen atoms in total. The van der Waals surface area contributed by atoms with E-state index in [-0.39, 0.29) is 11.9 Å². The summed E-state index contributed by atoms with van der Waals surface area (Å²) in [6, 6.07) is 4.30. The lowest BCUT2D eigenvalue weighted by atomic mass is 9.94. The summed E-state index contributed by atoms with van der Waals surface area (Å²) in [6.07, 6.45) is 3.38. The summed E-state index contributed by atoms with van der Waals surface area (Å²) in [5, 5.41) is 7.21. The normalized spacial score (nSPS) is 18.4. The van der Waals surface area contributed by atoms with E-state index in [9.17, 15) is 4.79 Å². The molecule has 18 heavy (non-hydrogen) atoms. The Morgan fingerprint density at radius 1 is 1.44 bits per heavy atom.